The predicted molar refractivity (Wildman–Crippen MR) is 117 cm³/mol. The van der Waals surface area contributed by atoms with Crippen LogP contribution in [0.5, 0.6) is 0 Å². The lowest BCUT2D eigenvalue weighted by molar-refractivity contribution is -0.112. The van der Waals surface area contributed by atoms with E-state index in [1.807, 2.05) is 66.7 Å². The van der Waals surface area contributed by atoms with Crippen molar-refractivity contribution in [1.29, 1.82) is 5.26 Å². The van der Waals surface area contributed by atoms with E-state index in [-0.39, 0.29) is 11.6 Å². The van der Waals surface area contributed by atoms with Gasteiger partial charge >= 0.3 is 0 Å². The maximum atomic E-state index is 12.5. The average Bonchev–Trinajstić information content (AvgIpc) is 2.75. The molecule has 0 aliphatic rings. The average molecular weight is 422 g/mol. The highest BCUT2D eigenvalue weighted by Gasteiger charge is 2.15. The van der Waals surface area contributed by atoms with Gasteiger partial charge in [0, 0.05) is 11.2 Å². The first-order valence-corrected chi connectivity index (χ1v) is 9.56. The summed E-state index contributed by atoms with van der Waals surface area (Å²) in [6, 6.07) is 26.0. The number of nitrogens with one attached hydrogen (secondary N) is 2. The van der Waals surface area contributed by atoms with Gasteiger partial charge in [0.25, 0.3) is 5.91 Å². The number of rotatable bonds is 6. The molecule has 144 valence electrons. The highest BCUT2D eigenvalue weighted by atomic mass is 35.5. The molecule has 3 rings (SSSR count). The van der Waals surface area contributed by atoms with Gasteiger partial charge in [0.15, 0.2) is 0 Å². The molecule has 29 heavy (non-hydrogen) atoms. The molecule has 0 bridgehead atoms. The zero-order chi connectivity index (χ0) is 20.6. The molecule has 0 heterocycles. The zero-order valence-electron chi connectivity index (χ0n) is 15.3. The summed E-state index contributed by atoms with van der Waals surface area (Å²) in [5, 5.41) is 16.0. The molecule has 1 amide bonds. The van der Waals surface area contributed by atoms with Crippen LogP contribution in [0.3, 0.4) is 0 Å². The second kappa shape index (κ2) is 9.79. The minimum Gasteiger partial charge on any atom is -0.379 e. The van der Waals surface area contributed by atoms with Crippen LogP contribution in [0, 0.1) is 11.3 Å². The minimum atomic E-state index is -0.580. The quantitative estimate of drug-likeness (QED) is 0.395. The topological polar surface area (TPSA) is 64.9 Å². The van der Waals surface area contributed by atoms with Crippen LogP contribution in [0.2, 0.25) is 10.0 Å². The van der Waals surface area contributed by atoms with Crippen molar-refractivity contribution in [1.82, 2.24) is 5.32 Å². The van der Waals surface area contributed by atoms with Crippen LogP contribution in [-0.4, -0.2) is 5.91 Å². The Morgan fingerprint density at radius 2 is 1.52 bits per heavy atom. The van der Waals surface area contributed by atoms with Crippen molar-refractivity contribution in [2.24, 2.45) is 0 Å². The van der Waals surface area contributed by atoms with E-state index in [0.29, 0.717) is 15.7 Å². The van der Waals surface area contributed by atoms with E-state index in [2.05, 4.69) is 10.6 Å². The third kappa shape index (κ3) is 5.39. The Kier molecular flexibility index (Phi) is 6.91. The molecular weight excluding hydrogens is 405 g/mol. The minimum absolute atomic E-state index is 0.0853. The number of halogens is 2. The Morgan fingerprint density at radius 1 is 0.931 bits per heavy atom. The van der Waals surface area contributed by atoms with E-state index >= 15 is 0 Å². The van der Waals surface area contributed by atoms with Crippen LogP contribution < -0.4 is 10.6 Å². The fourth-order valence-electron chi connectivity index (χ4n) is 2.77. The van der Waals surface area contributed by atoms with Crippen LogP contribution in [0.25, 0.3) is 0 Å². The fourth-order valence-corrected chi connectivity index (χ4v) is 3.11. The summed E-state index contributed by atoms with van der Waals surface area (Å²) in [4.78, 5) is 12.5. The summed E-state index contributed by atoms with van der Waals surface area (Å²) >= 11 is 12.0. The van der Waals surface area contributed by atoms with Gasteiger partial charge in [0.1, 0.15) is 11.6 Å². The number of hydrogen-bond donors (Lipinski definition) is 2. The predicted octanol–water partition coefficient (Wildman–Crippen LogP) is 5.72. The lowest BCUT2D eigenvalue weighted by Gasteiger charge is -2.19. The van der Waals surface area contributed by atoms with Gasteiger partial charge in [-0.1, -0.05) is 83.9 Å². The first kappa shape index (κ1) is 20.5. The number of amides is 1. The SMILES string of the molecule is N#C/C(=C/NC(c1ccccc1)c1ccccc1)C(=O)Nc1cc(Cl)ccc1Cl. The summed E-state index contributed by atoms with van der Waals surface area (Å²) < 4.78 is 0. The molecule has 0 aliphatic heterocycles. The van der Waals surface area contributed by atoms with Crippen LogP contribution in [0.15, 0.2) is 90.6 Å². The van der Waals surface area contributed by atoms with Crippen molar-refractivity contribution < 1.29 is 4.79 Å². The van der Waals surface area contributed by atoms with E-state index in [9.17, 15) is 10.1 Å². The molecule has 3 aromatic rings. The largest absolute Gasteiger partial charge is 0.379 e. The van der Waals surface area contributed by atoms with Crippen molar-refractivity contribution >= 4 is 34.8 Å². The van der Waals surface area contributed by atoms with Gasteiger partial charge in [-0.2, -0.15) is 5.26 Å². The molecule has 0 spiro atoms. The van der Waals surface area contributed by atoms with Gasteiger partial charge in [-0.15, -0.1) is 0 Å². The van der Waals surface area contributed by atoms with E-state index in [1.54, 1.807) is 12.1 Å². The number of anilines is 1. The van der Waals surface area contributed by atoms with E-state index in [1.165, 1.54) is 12.3 Å². The van der Waals surface area contributed by atoms with Crippen molar-refractivity contribution in [3.8, 4) is 6.07 Å². The Bertz CT molecular complexity index is 1020. The van der Waals surface area contributed by atoms with E-state index in [4.69, 9.17) is 23.2 Å². The molecule has 0 fully saturated rings. The number of nitriles is 1. The molecule has 0 unspecified atom stereocenters. The second-order valence-corrected chi connectivity index (χ2v) is 7.01. The van der Waals surface area contributed by atoms with Gasteiger partial charge in [0.2, 0.25) is 0 Å². The van der Waals surface area contributed by atoms with Gasteiger partial charge in [-0.05, 0) is 29.3 Å². The third-order valence-electron chi connectivity index (χ3n) is 4.20. The normalized spacial score (nSPS) is 11.0. The summed E-state index contributed by atoms with van der Waals surface area (Å²) in [6.45, 7) is 0. The number of hydrogen-bond acceptors (Lipinski definition) is 3. The van der Waals surface area contributed by atoms with Gasteiger partial charge in [0.05, 0.1) is 16.8 Å². The first-order chi connectivity index (χ1) is 14.1. The molecule has 0 aliphatic carbocycles. The number of nitrogens with zero attached hydrogens (tertiary/aromatic N) is 1. The monoisotopic (exact) mass is 421 g/mol. The Morgan fingerprint density at radius 3 is 2.07 bits per heavy atom. The third-order valence-corrected chi connectivity index (χ3v) is 4.77. The molecule has 4 nitrogen and oxygen atoms in total. The molecule has 3 aromatic carbocycles. The highest BCUT2D eigenvalue weighted by molar-refractivity contribution is 6.35. The molecular formula is C23H17Cl2N3O. The van der Waals surface area contributed by atoms with Gasteiger partial charge in [-0.3, -0.25) is 4.79 Å². The summed E-state index contributed by atoms with van der Waals surface area (Å²) in [7, 11) is 0. The lowest BCUT2D eigenvalue weighted by atomic mass is 9.99. The number of carbonyl (C=O) groups is 1. The van der Waals surface area contributed by atoms with Crippen molar-refractivity contribution in [3.63, 3.8) is 0 Å². The summed E-state index contributed by atoms with van der Waals surface area (Å²) in [5.74, 6) is -0.580. The Balaban J connectivity index is 1.84. The maximum Gasteiger partial charge on any atom is 0.267 e. The van der Waals surface area contributed by atoms with Gasteiger partial charge in [-0.25, -0.2) is 0 Å². The van der Waals surface area contributed by atoms with Gasteiger partial charge < -0.3 is 10.6 Å². The van der Waals surface area contributed by atoms with E-state index in [0.717, 1.165) is 11.1 Å². The Labute approximate surface area is 179 Å². The first-order valence-electron chi connectivity index (χ1n) is 8.81. The molecule has 0 saturated carbocycles. The number of carbonyl (C=O) groups excluding carboxylic acids is 1. The van der Waals surface area contributed by atoms with E-state index < -0.39 is 5.91 Å². The standard InChI is InChI=1S/C23H17Cl2N3O/c24-19-11-12-20(25)21(13-19)28-23(29)18(14-26)15-27-22(16-7-3-1-4-8-16)17-9-5-2-6-10-17/h1-13,15,22,27H,(H,28,29)/b18-15-. The number of benzene rings is 3. The van der Waals surface area contributed by atoms with Crippen LogP contribution in [0.1, 0.15) is 17.2 Å². The smallest absolute Gasteiger partial charge is 0.267 e. The summed E-state index contributed by atoms with van der Waals surface area (Å²) in [6.07, 6.45) is 1.42. The second-order valence-electron chi connectivity index (χ2n) is 6.17. The van der Waals surface area contributed by atoms with Crippen LogP contribution in [-0.2, 0) is 4.79 Å². The molecule has 0 saturated heterocycles. The highest BCUT2D eigenvalue weighted by Crippen LogP contribution is 2.26. The van der Waals surface area contributed by atoms with Crippen LogP contribution >= 0.6 is 23.2 Å². The molecule has 0 radical (unpaired) electrons. The maximum absolute atomic E-state index is 12.5. The summed E-state index contributed by atoms with van der Waals surface area (Å²) in [5.41, 5.74) is 2.27. The van der Waals surface area contributed by atoms with Crippen LogP contribution in [0.4, 0.5) is 5.69 Å². The fraction of sp³-hybridized carbons (Fsp3) is 0.0435. The molecule has 0 aromatic heterocycles. The zero-order valence-corrected chi connectivity index (χ0v) is 16.8. The molecule has 2 N–H and O–H groups in total. The Hall–Kier alpha value is -3.26. The lowest BCUT2D eigenvalue weighted by Crippen LogP contribution is -2.21. The van der Waals surface area contributed by atoms with Crippen molar-refractivity contribution in [2.45, 2.75) is 6.04 Å². The molecule has 0 atom stereocenters. The van der Waals surface area contributed by atoms with Crippen molar-refractivity contribution in [3.05, 3.63) is 112 Å². The van der Waals surface area contributed by atoms with Crippen molar-refractivity contribution in [2.75, 3.05) is 5.32 Å². The molecule has 6 heteroatoms.